The molecule has 1 unspecified atom stereocenters. The highest BCUT2D eigenvalue weighted by molar-refractivity contribution is 6.30. The molecule has 0 heterocycles. The van der Waals surface area contributed by atoms with Crippen molar-refractivity contribution in [1.82, 2.24) is 5.32 Å². The fraction of sp³-hybridized carbons (Fsp3) is 0.190. The van der Waals surface area contributed by atoms with Gasteiger partial charge in [0.05, 0.1) is 0 Å². The highest BCUT2D eigenvalue weighted by Gasteiger charge is 2.18. The molecule has 0 saturated heterocycles. The molecule has 0 aromatic heterocycles. The van der Waals surface area contributed by atoms with E-state index < -0.39 is 6.10 Å². The van der Waals surface area contributed by atoms with E-state index in [0.29, 0.717) is 23.7 Å². The number of halogens is 1. The van der Waals surface area contributed by atoms with Crippen LogP contribution in [0.25, 0.3) is 10.8 Å². The fourth-order valence-corrected chi connectivity index (χ4v) is 2.95. The first kappa shape index (κ1) is 17.3. The minimum atomic E-state index is -0.548. The van der Waals surface area contributed by atoms with Crippen LogP contribution in [0.3, 0.4) is 0 Å². The molecule has 0 bridgehead atoms. The van der Waals surface area contributed by atoms with E-state index in [1.807, 2.05) is 31.2 Å². The quantitative estimate of drug-likeness (QED) is 0.679. The minimum Gasteiger partial charge on any atom is -0.481 e. The molecule has 0 aliphatic carbocycles. The number of hydrogen-bond acceptors (Lipinski definition) is 2. The second-order valence-electron chi connectivity index (χ2n) is 5.83. The van der Waals surface area contributed by atoms with Gasteiger partial charge >= 0.3 is 0 Å². The Bertz CT molecular complexity index is 873. The molecule has 0 fully saturated rings. The lowest BCUT2D eigenvalue weighted by atomic mass is 10.0. The molecule has 3 rings (SSSR count). The maximum Gasteiger partial charge on any atom is 0.261 e. The maximum absolute atomic E-state index is 12.5. The van der Waals surface area contributed by atoms with Crippen LogP contribution in [-0.4, -0.2) is 12.0 Å². The summed E-state index contributed by atoms with van der Waals surface area (Å²) in [5, 5.41) is 5.88. The van der Waals surface area contributed by atoms with Gasteiger partial charge in [-0.15, -0.1) is 0 Å². The molecular formula is C21H20ClNO2. The van der Waals surface area contributed by atoms with Crippen molar-refractivity contribution in [2.45, 2.75) is 26.0 Å². The largest absolute Gasteiger partial charge is 0.481 e. The van der Waals surface area contributed by atoms with Crippen LogP contribution in [0.4, 0.5) is 0 Å². The smallest absolute Gasteiger partial charge is 0.261 e. The van der Waals surface area contributed by atoms with E-state index >= 15 is 0 Å². The van der Waals surface area contributed by atoms with Gasteiger partial charge in [-0.25, -0.2) is 0 Å². The van der Waals surface area contributed by atoms with E-state index in [1.165, 1.54) is 0 Å². The van der Waals surface area contributed by atoms with E-state index in [4.69, 9.17) is 16.3 Å². The predicted octanol–water partition coefficient (Wildman–Crippen LogP) is 4.97. The SMILES string of the molecule is CCC(Oc1cccc(Cl)c1)C(=O)NCc1cccc2ccccc12. The number of fused-ring (bicyclic) bond motifs is 1. The molecule has 0 radical (unpaired) electrons. The second-order valence-corrected chi connectivity index (χ2v) is 6.26. The summed E-state index contributed by atoms with van der Waals surface area (Å²) >= 11 is 5.97. The summed E-state index contributed by atoms with van der Waals surface area (Å²) in [6.45, 7) is 2.39. The third-order valence-corrected chi connectivity index (χ3v) is 4.31. The Balaban J connectivity index is 1.68. The molecule has 25 heavy (non-hydrogen) atoms. The molecule has 4 heteroatoms. The average molecular weight is 354 g/mol. The van der Waals surface area contributed by atoms with Gasteiger partial charge in [0.1, 0.15) is 5.75 Å². The van der Waals surface area contributed by atoms with E-state index in [9.17, 15) is 4.79 Å². The third kappa shape index (κ3) is 4.31. The van der Waals surface area contributed by atoms with E-state index in [0.717, 1.165) is 16.3 Å². The zero-order chi connectivity index (χ0) is 17.6. The van der Waals surface area contributed by atoms with Crippen molar-refractivity contribution < 1.29 is 9.53 Å². The topological polar surface area (TPSA) is 38.3 Å². The lowest BCUT2D eigenvalue weighted by Crippen LogP contribution is -2.37. The van der Waals surface area contributed by atoms with Gasteiger partial charge in [-0.2, -0.15) is 0 Å². The van der Waals surface area contributed by atoms with Crippen molar-refractivity contribution in [2.75, 3.05) is 0 Å². The summed E-state index contributed by atoms with van der Waals surface area (Å²) in [5.74, 6) is 0.468. The molecule has 128 valence electrons. The number of rotatable bonds is 6. The van der Waals surface area contributed by atoms with Crippen LogP contribution in [0, 0.1) is 0 Å². The summed E-state index contributed by atoms with van der Waals surface area (Å²) in [4.78, 5) is 12.5. The number of nitrogens with one attached hydrogen (secondary N) is 1. The Hall–Kier alpha value is -2.52. The summed E-state index contributed by atoms with van der Waals surface area (Å²) in [7, 11) is 0. The second kappa shape index (κ2) is 8.04. The average Bonchev–Trinajstić information content (AvgIpc) is 2.64. The van der Waals surface area contributed by atoms with E-state index in [2.05, 4.69) is 23.5 Å². The molecule has 3 aromatic rings. The first-order valence-electron chi connectivity index (χ1n) is 8.34. The Labute approximate surface area is 152 Å². The van der Waals surface area contributed by atoms with Gasteiger partial charge in [0, 0.05) is 11.6 Å². The lowest BCUT2D eigenvalue weighted by molar-refractivity contribution is -0.128. The van der Waals surface area contributed by atoms with Gasteiger partial charge in [0.15, 0.2) is 6.10 Å². The molecule has 3 nitrogen and oxygen atoms in total. The molecule has 1 N–H and O–H groups in total. The van der Waals surface area contributed by atoms with Crippen LogP contribution in [0.1, 0.15) is 18.9 Å². The third-order valence-electron chi connectivity index (χ3n) is 4.07. The molecule has 0 spiro atoms. The number of ether oxygens (including phenoxy) is 1. The highest BCUT2D eigenvalue weighted by Crippen LogP contribution is 2.20. The Morgan fingerprint density at radius 2 is 1.84 bits per heavy atom. The summed E-state index contributed by atoms with van der Waals surface area (Å²) in [5.41, 5.74) is 1.09. The standard InChI is InChI=1S/C21H20ClNO2/c1-2-20(25-18-11-6-10-17(22)13-18)21(24)23-14-16-9-5-8-15-7-3-4-12-19(15)16/h3-13,20H,2,14H2,1H3,(H,23,24). The normalized spacial score (nSPS) is 11.9. The number of carbonyl (C=O) groups excluding carboxylic acids is 1. The molecule has 1 atom stereocenters. The summed E-state index contributed by atoms with van der Waals surface area (Å²) < 4.78 is 5.79. The molecule has 0 aliphatic rings. The maximum atomic E-state index is 12.5. The monoisotopic (exact) mass is 353 g/mol. The van der Waals surface area contributed by atoms with Gasteiger partial charge < -0.3 is 10.1 Å². The summed E-state index contributed by atoms with van der Waals surface area (Å²) in [6.07, 6.45) is 0.0295. The van der Waals surface area contributed by atoms with Crippen molar-refractivity contribution >= 4 is 28.3 Å². The lowest BCUT2D eigenvalue weighted by Gasteiger charge is -2.18. The zero-order valence-electron chi connectivity index (χ0n) is 14.0. The van der Waals surface area contributed by atoms with Crippen LogP contribution in [0.2, 0.25) is 5.02 Å². The van der Waals surface area contributed by atoms with Crippen molar-refractivity contribution in [1.29, 1.82) is 0 Å². The molecular weight excluding hydrogens is 334 g/mol. The van der Waals surface area contributed by atoms with Crippen molar-refractivity contribution in [3.8, 4) is 5.75 Å². The van der Waals surface area contributed by atoms with Crippen molar-refractivity contribution in [2.24, 2.45) is 0 Å². The molecule has 0 saturated carbocycles. The van der Waals surface area contributed by atoms with Crippen LogP contribution in [0.15, 0.2) is 66.7 Å². The Morgan fingerprint density at radius 3 is 2.64 bits per heavy atom. The number of amides is 1. The number of benzene rings is 3. The van der Waals surface area contributed by atoms with Crippen LogP contribution >= 0.6 is 11.6 Å². The Morgan fingerprint density at radius 1 is 1.08 bits per heavy atom. The van der Waals surface area contributed by atoms with Gasteiger partial charge in [0.25, 0.3) is 5.91 Å². The van der Waals surface area contributed by atoms with Gasteiger partial charge in [-0.05, 0) is 41.0 Å². The number of hydrogen-bond donors (Lipinski definition) is 1. The van der Waals surface area contributed by atoms with Gasteiger partial charge in [-0.1, -0.05) is 67.1 Å². The first-order valence-corrected chi connectivity index (χ1v) is 8.71. The van der Waals surface area contributed by atoms with E-state index in [-0.39, 0.29) is 5.91 Å². The molecule has 3 aromatic carbocycles. The van der Waals surface area contributed by atoms with Crippen molar-refractivity contribution in [3.05, 3.63) is 77.3 Å². The van der Waals surface area contributed by atoms with Gasteiger partial charge in [-0.3, -0.25) is 4.79 Å². The fourth-order valence-electron chi connectivity index (χ4n) is 2.77. The van der Waals surface area contributed by atoms with E-state index in [1.54, 1.807) is 24.3 Å². The summed E-state index contributed by atoms with van der Waals surface area (Å²) in [6, 6.07) is 21.3. The molecule has 0 aliphatic heterocycles. The van der Waals surface area contributed by atoms with Crippen LogP contribution < -0.4 is 10.1 Å². The Kier molecular flexibility index (Phi) is 5.56. The highest BCUT2D eigenvalue weighted by atomic mass is 35.5. The zero-order valence-corrected chi connectivity index (χ0v) is 14.8. The van der Waals surface area contributed by atoms with Gasteiger partial charge in [0.2, 0.25) is 0 Å². The minimum absolute atomic E-state index is 0.129. The van der Waals surface area contributed by atoms with Crippen LogP contribution in [0.5, 0.6) is 5.75 Å². The van der Waals surface area contributed by atoms with Crippen LogP contribution in [-0.2, 0) is 11.3 Å². The molecule has 1 amide bonds. The predicted molar refractivity (Wildman–Crippen MR) is 102 cm³/mol. The van der Waals surface area contributed by atoms with Crippen molar-refractivity contribution in [3.63, 3.8) is 0 Å². The number of carbonyl (C=O) groups is 1. The first-order chi connectivity index (χ1) is 12.2.